The summed E-state index contributed by atoms with van der Waals surface area (Å²) in [5.74, 6) is -3.47. The second-order valence-electron chi connectivity index (χ2n) is 7.09. The molecule has 0 bridgehead atoms. The number of carbonyl (C=O) groups excluding carboxylic acids is 3. The van der Waals surface area contributed by atoms with Crippen LogP contribution in [-0.4, -0.2) is 34.8 Å². The van der Waals surface area contributed by atoms with Crippen LogP contribution in [0.15, 0.2) is 18.2 Å². The first-order valence-corrected chi connectivity index (χ1v) is 8.26. The van der Waals surface area contributed by atoms with Gasteiger partial charge in [-0.2, -0.15) is 5.26 Å². The standard InChI is InChI=1S/C18H20F2N4O3/c1-10(2)17(3,9-21)22-14(25)8-24-15(26)18(4,23-16(24)27)12-7-11(19)5-6-13(12)20/h5-7,10H,8H2,1-4H3,(H,22,25)(H,23,27)/t17-,18+/m0/s1. The summed E-state index contributed by atoms with van der Waals surface area (Å²) in [6.45, 7) is 5.58. The minimum absolute atomic E-state index is 0.221. The number of nitriles is 1. The molecule has 1 aromatic carbocycles. The van der Waals surface area contributed by atoms with Crippen molar-refractivity contribution in [2.24, 2.45) is 5.92 Å². The third-order valence-electron chi connectivity index (χ3n) is 4.83. The van der Waals surface area contributed by atoms with Gasteiger partial charge < -0.3 is 10.6 Å². The van der Waals surface area contributed by atoms with Gasteiger partial charge >= 0.3 is 6.03 Å². The van der Waals surface area contributed by atoms with Crippen molar-refractivity contribution in [2.75, 3.05) is 6.54 Å². The number of imide groups is 1. The first-order valence-electron chi connectivity index (χ1n) is 8.26. The van der Waals surface area contributed by atoms with E-state index in [9.17, 15) is 28.4 Å². The topological polar surface area (TPSA) is 102 Å². The molecule has 0 aliphatic carbocycles. The van der Waals surface area contributed by atoms with Crippen molar-refractivity contribution in [3.05, 3.63) is 35.4 Å². The summed E-state index contributed by atoms with van der Waals surface area (Å²) in [6.07, 6.45) is 0. The predicted octanol–water partition coefficient (Wildman–Crippen LogP) is 1.79. The molecular weight excluding hydrogens is 358 g/mol. The number of rotatable bonds is 5. The van der Waals surface area contributed by atoms with Gasteiger partial charge in [0.15, 0.2) is 0 Å². The molecule has 2 rings (SSSR count). The normalized spacial score (nSPS) is 21.6. The number of hydrogen-bond donors (Lipinski definition) is 2. The third kappa shape index (κ3) is 3.60. The second kappa shape index (κ2) is 6.95. The zero-order valence-electron chi connectivity index (χ0n) is 15.4. The molecular formula is C18H20F2N4O3. The number of nitrogens with one attached hydrogen (secondary N) is 2. The van der Waals surface area contributed by atoms with Gasteiger partial charge in [0, 0.05) is 5.56 Å². The van der Waals surface area contributed by atoms with E-state index in [0.717, 1.165) is 18.2 Å². The van der Waals surface area contributed by atoms with E-state index in [1.807, 2.05) is 6.07 Å². The van der Waals surface area contributed by atoms with Crippen molar-refractivity contribution in [3.63, 3.8) is 0 Å². The summed E-state index contributed by atoms with van der Waals surface area (Å²) < 4.78 is 27.6. The second-order valence-corrected chi connectivity index (χ2v) is 7.09. The SMILES string of the molecule is CC(C)[C@](C)(C#N)NC(=O)CN1C(=O)N[C@](C)(c2cc(F)ccc2F)C1=O. The van der Waals surface area contributed by atoms with Crippen LogP contribution in [0.4, 0.5) is 13.6 Å². The highest BCUT2D eigenvalue weighted by molar-refractivity contribution is 6.09. The molecule has 4 amide bonds. The van der Waals surface area contributed by atoms with Crippen LogP contribution < -0.4 is 10.6 Å². The first-order chi connectivity index (χ1) is 12.4. The lowest BCUT2D eigenvalue weighted by molar-refractivity contribution is -0.135. The molecule has 2 atom stereocenters. The zero-order valence-corrected chi connectivity index (χ0v) is 15.4. The number of benzene rings is 1. The van der Waals surface area contributed by atoms with E-state index in [-0.39, 0.29) is 11.5 Å². The largest absolute Gasteiger partial charge is 0.336 e. The van der Waals surface area contributed by atoms with Crippen molar-refractivity contribution in [3.8, 4) is 6.07 Å². The Bertz CT molecular complexity index is 851. The first kappa shape index (κ1) is 20.3. The molecule has 1 heterocycles. The molecule has 1 aliphatic rings. The molecule has 1 saturated heterocycles. The molecule has 1 aliphatic heterocycles. The Morgan fingerprint density at radius 2 is 2.04 bits per heavy atom. The number of urea groups is 1. The van der Waals surface area contributed by atoms with Crippen LogP contribution in [0.1, 0.15) is 33.3 Å². The summed E-state index contributed by atoms with van der Waals surface area (Å²) in [5.41, 5.74) is -3.37. The van der Waals surface area contributed by atoms with Crippen molar-refractivity contribution in [1.82, 2.24) is 15.5 Å². The van der Waals surface area contributed by atoms with E-state index >= 15 is 0 Å². The summed E-state index contributed by atoms with van der Waals surface area (Å²) in [7, 11) is 0. The molecule has 9 heteroatoms. The Morgan fingerprint density at radius 3 is 2.59 bits per heavy atom. The van der Waals surface area contributed by atoms with E-state index < -0.39 is 47.1 Å². The van der Waals surface area contributed by atoms with Crippen LogP contribution in [-0.2, 0) is 15.1 Å². The fourth-order valence-electron chi connectivity index (χ4n) is 2.68. The number of nitrogens with zero attached hydrogens (tertiary/aromatic N) is 2. The minimum atomic E-state index is -1.85. The monoisotopic (exact) mass is 378 g/mol. The van der Waals surface area contributed by atoms with Gasteiger partial charge in [-0.25, -0.2) is 13.6 Å². The van der Waals surface area contributed by atoms with E-state index in [4.69, 9.17) is 0 Å². The van der Waals surface area contributed by atoms with E-state index in [1.165, 1.54) is 13.8 Å². The van der Waals surface area contributed by atoms with Crippen LogP contribution in [0, 0.1) is 28.9 Å². The van der Waals surface area contributed by atoms with Crippen LogP contribution in [0.2, 0.25) is 0 Å². The van der Waals surface area contributed by atoms with Crippen LogP contribution in [0.25, 0.3) is 0 Å². The molecule has 1 aromatic rings. The Kier molecular flexibility index (Phi) is 5.22. The number of hydrogen-bond acceptors (Lipinski definition) is 4. The zero-order chi connectivity index (χ0) is 20.6. The lowest BCUT2D eigenvalue weighted by Crippen LogP contribution is -2.52. The van der Waals surface area contributed by atoms with Gasteiger partial charge in [0.2, 0.25) is 5.91 Å². The van der Waals surface area contributed by atoms with E-state index in [1.54, 1.807) is 13.8 Å². The summed E-state index contributed by atoms with van der Waals surface area (Å²) in [6, 6.07) is 3.64. The molecule has 144 valence electrons. The van der Waals surface area contributed by atoms with Crippen LogP contribution in [0.3, 0.4) is 0 Å². The predicted molar refractivity (Wildman–Crippen MR) is 91.0 cm³/mol. The van der Waals surface area contributed by atoms with Gasteiger partial charge in [-0.3, -0.25) is 14.5 Å². The quantitative estimate of drug-likeness (QED) is 0.763. The van der Waals surface area contributed by atoms with Gasteiger partial charge in [0.05, 0.1) is 6.07 Å². The minimum Gasteiger partial charge on any atom is -0.336 e. The molecule has 0 saturated carbocycles. The molecule has 1 fully saturated rings. The maximum atomic E-state index is 14.1. The Hall–Kier alpha value is -3.02. The summed E-state index contributed by atoms with van der Waals surface area (Å²) in [5, 5.41) is 14.1. The molecule has 7 nitrogen and oxygen atoms in total. The van der Waals surface area contributed by atoms with E-state index in [0.29, 0.717) is 4.90 Å². The number of halogens is 2. The third-order valence-corrected chi connectivity index (χ3v) is 4.83. The lowest BCUT2D eigenvalue weighted by Gasteiger charge is -2.28. The van der Waals surface area contributed by atoms with Crippen molar-refractivity contribution in [1.29, 1.82) is 5.26 Å². The Labute approximate surface area is 155 Å². The Morgan fingerprint density at radius 1 is 1.41 bits per heavy atom. The van der Waals surface area contributed by atoms with Crippen LogP contribution in [0.5, 0.6) is 0 Å². The maximum Gasteiger partial charge on any atom is 0.325 e. The highest BCUT2D eigenvalue weighted by atomic mass is 19.1. The fraction of sp³-hybridized carbons (Fsp3) is 0.444. The van der Waals surface area contributed by atoms with Crippen molar-refractivity contribution < 1.29 is 23.2 Å². The van der Waals surface area contributed by atoms with Gasteiger partial charge in [0.25, 0.3) is 5.91 Å². The molecule has 0 aromatic heterocycles. The highest BCUT2D eigenvalue weighted by Gasteiger charge is 2.51. The van der Waals surface area contributed by atoms with Gasteiger partial charge in [-0.15, -0.1) is 0 Å². The summed E-state index contributed by atoms with van der Waals surface area (Å²) >= 11 is 0. The summed E-state index contributed by atoms with van der Waals surface area (Å²) in [4.78, 5) is 37.8. The average Bonchev–Trinajstić information content (AvgIpc) is 2.80. The van der Waals surface area contributed by atoms with Crippen LogP contribution >= 0.6 is 0 Å². The van der Waals surface area contributed by atoms with Gasteiger partial charge in [-0.1, -0.05) is 13.8 Å². The van der Waals surface area contributed by atoms with E-state index in [2.05, 4.69) is 10.6 Å². The number of carbonyl (C=O) groups is 3. The highest BCUT2D eigenvalue weighted by Crippen LogP contribution is 2.31. The maximum absolute atomic E-state index is 14.1. The van der Waals surface area contributed by atoms with Gasteiger partial charge in [0.1, 0.15) is 29.3 Å². The Balaban J connectivity index is 2.25. The molecule has 27 heavy (non-hydrogen) atoms. The smallest absolute Gasteiger partial charge is 0.325 e. The molecule has 0 spiro atoms. The fourth-order valence-corrected chi connectivity index (χ4v) is 2.68. The number of amides is 4. The lowest BCUT2D eigenvalue weighted by atomic mass is 9.90. The van der Waals surface area contributed by atoms with Crippen molar-refractivity contribution >= 4 is 17.8 Å². The molecule has 0 radical (unpaired) electrons. The van der Waals surface area contributed by atoms with Gasteiger partial charge in [-0.05, 0) is 38.0 Å². The molecule has 2 N–H and O–H groups in total. The van der Waals surface area contributed by atoms with Crippen molar-refractivity contribution in [2.45, 2.75) is 38.8 Å². The molecule has 0 unspecified atom stereocenters. The average molecular weight is 378 g/mol.